The molecular formula is C27H45N5O2. The molecule has 1 atom stereocenters. The van der Waals surface area contributed by atoms with Crippen molar-refractivity contribution in [2.75, 3.05) is 31.1 Å². The third kappa shape index (κ3) is 6.28. The molecule has 2 aliphatic carbocycles. The first-order chi connectivity index (χ1) is 16.1. The van der Waals surface area contributed by atoms with Crippen molar-refractivity contribution >= 4 is 11.7 Å². The van der Waals surface area contributed by atoms with Crippen LogP contribution < -0.4 is 10.2 Å². The van der Waals surface area contributed by atoms with Crippen LogP contribution in [0.15, 0.2) is 6.07 Å². The van der Waals surface area contributed by atoms with Gasteiger partial charge in [-0.05, 0) is 64.3 Å². The Kier molecular flexibility index (Phi) is 7.82. The van der Waals surface area contributed by atoms with Gasteiger partial charge in [-0.2, -0.15) is 0 Å². The molecule has 1 amide bonds. The minimum Gasteiger partial charge on any atom is -0.393 e. The van der Waals surface area contributed by atoms with E-state index in [0.717, 1.165) is 75.1 Å². The summed E-state index contributed by atoms with van der Waals surface area (Å²) in [5.41, 5.74) is 1.00. The lowest BCUT2D eigenvalue weighted by atomic mass is 9.80. The van der Waals surface area contributed by atoms with E-state index in [2.05, 4.69) is 48.9 Å². The number of hydrogen-bond acceptors (Lipinski definition) is 6. The fourth-order valence-corrected chi connectivity index (χ4v) is 5.76. The van der Waals surface area contributed by atoms with E-state index in [1.807, 2.05) is 0 Å². The molecule has 34 heavy (non-hydrogen) atoms. The maximum atomic E-state index is 11.3. The number of aliphatic hydroxyl groups is 1. The van der Waals surface area contributed by atoms with Gasteiger partial charge in [0.25, 0.3) is 0 Å². The van der Waals surface area contributed by atoms with Gasteiger partial charge >= 0.3 is 0 Å². The molecule has 7 heteroatoms. The molecule has 2 heterocycles. The van der Waals surface area contributed by atoms with Crippen LogP contribution in [0.1, 0.15) is 97.0 Å². The van der Waals surface area contributed by atoms with Crippen LogP contribution in [0.25, 0.3) is 0 Å². The first kappa shape index (κ1) is 25.4. The zero-order chi connectivity index (χ0) is 24.5. The third-order valence-corrected chi connectivity index (χ3v) is 8.10. The number of aromatic nitrogens is 2. The largest absolute Gasteiger partial charge is 0.393 e. The Morgan fingerprint density at radius 2 is 1.85 bits per heavy atom. The summed E-state index contributed by atoms with van der Waals surface area (Å²) in [7, 11) is 0. The predicted octanol–water partition coefficient (Wildman–Crippen LogP) is 3.61. The maximum Gasteiger partial charge on any atom is 0.217 e. The number of nitrogens with one attached hydrogen (secondary N) is 1. The van der Waals surface area contributed by atoms with Crippen molar-refractivity contribution in [1.82, 2.24) is 20.2 Å². The van der Waals surface area contributed by atoms with E-state index in [-0.39, 0.29) is 17.4 Å². The molecule has 1 aliphatic heterocycles. The number of nitrogens with zero attached hydrogens (tertiary/aromatic N) is 4. The molecule has 3 aliphatic rings. The highest BCUT2D eigenvalue weighted by atomic mass is 16.3. The van der Waals surface area contributed by atoms with Gasteiger partial charge < -0.3 is 15.3 Å². The molecule has 7 nitrogen and oxygen atoms in total. The molecule has 1 saturated heterocycles. The monoisotopic (exact) mass is 471 g/mol. The van der Waals surface area contributed by atoms with Crippen molar-refractivity contribution in [3.05, 3.63) is 17.6 Å². The molecule has 1 unspecified atom stereocenters. The average molecular weight is 472 g/mol. The highest BCUT2D eigenvalue weighted by Gasteiger charge is 2.33. The molecule has 2 saturated carbocycles. The summed E-state index contributed by atoms with van der Waals surface area (Å²) in [4.78, 5) is 26.3. The molecule has 1 aromatic rings. The van der Waals surface area contributed by atoms with Crippen molar-refractivity contribution < 1.29 is 9.90 Å². The van der Waals surface area contributed by atoms with Crippen LogP contribution in [0, 0.1) is 5.92 Å². The highest BCUT2D eigenvalue weighted by molar-refractivity contribution is 5.73. The van der Waals surface area contributed by atoms with Gasteiger partial charge in [0.15, 0.2) is 0 Å². The van der Waals surface area contributed by atoms with Crippen LogP contribution in [0.3, 0.4) is 0 Å². The predicted molar refractivity (Wildman–Crippen MR) is 136 cm³/mol. The molecule has 0 spiro atoms. The second-order valence-electron chi connectivity index (χ2n) is 12.1. The first-order valence-corrected chi connectivity index (χ1v) is 13.4. The zero-order valence-electron chi connectivity index (χ0n) is 21.9. The number of anilines is 1. The Morgan fingerprint density at radius 3 is 2.44 bits per heavy atom. The highest BCUT2D eigenvalue weighted by Crippen LogP contribution is 2.38. The normalized spacial score (nSPS) is 30.6. The van der Waals surface area contributed by atoms with E-state index in [1.165, 1.54) is 19.3 Å². The fraction of sp³-hybridized carbons (Fsp3) is 0.815. The van der Waals surface area contributed by atoms with Gasteiger partial charge in [-0.25, -0.2) is 9.97 Å². The minimum atomic E-state index is -0.175. The van der Waals surface area contributed by atoms with E-state index in [4.69, 9.17) is 9.97 Å². The summed E-state index contributed by atoms with van der Waals surface area (Å²) in [6.45, 7) is 14.7. The van der Waals surface area contributed by atoms with Crippen LogP contribution in [-0.2, 0) is 10.2 Å². The SMILES string of the molecule is CC(=O)NC1CCC(CCN2CCN(c3cc(C4CC(O)C4)nc(C(C)(C)C)n3)CC2C)CC1. The average Bonchev–Trinajstić information content (AvgIpc) is 2.76. The topological polar surface area (TPSA) is 81.6 Å². The van der Waals surface area contributed by atoms with E-state index in [0.29, 0.717) is 18.0 Å². The van der Waals surface area contributed by atoms with Crippen LogP contribution in [0.4, 0.5) is 5.82 Å². The van der Waals surface area contributed by atoms with Gasteiger partial charge in [0.2, 0.25) is 5.91 Å². The Bertz CT molecular complexity index is 840. The number of piperazine rings is 1. The minimum absolute atomic E-state index is 0.0977. The molecule has 1 aromatic heterocycles. The summed E-state index contributed by atoms with van der Waals surface area (Å²) in [6.07, 6.45) is 7.42. The smallest absolute Gasteiger partial charge is 0.217 e. The van der Waals surface area contributed by atoms with Crippen molar-refractivity contribution in [2.24, 2.45) is 5.92 Å². The molecule has 190 valence electrons. The van der Waals surface area contributed by atoms with Crippen LogP contribution >= 0.6 is 0 Å². The summed E-state index contributed by atoms with van der Waals surface area (Å²) < 4.78 is 0. The third-order valence-electron chi connectivity index (χ3n) is 8.10. The van der Waals surface area contributed by atoms with Gasteiger partial charge in [-0.3, -0.25) is 9.69 Å². The van der Waals surface area contributed by atoms with Crippen LogP contribution in [0.2, 0.25) is 0 Å². The van der Waals surface area contributed by atoms with Crippen molar-refractivity contribution in [3.63, 3.8) is 0 Å². The van der Waals surface area contributed by atoms with E-state index in [9.17, 15) is 9.90 Å². The van der Waals surface area contributed by atoms with E-state index < -0.39 is 0 Å². The Hall–Kier alpha value is -1.73. The van der Waals surface area contributed by atoms with Gasteiger partial charge in [0.05, 0.1) is 6.10 Å². The van der Waals surface area contributed by atoms with Gasteiger partial charge in [-0.1, -0.05) is 20.8 Å². The Morgan fingerprint density at radius 1 is 1.15 bits per heavy atom. The Labute approximate surface area is 205 Å². The standard InChI is InChI=1S/C27H45N5O2/c1-18-17-32(13-12-31(18)11-10-20-6-8-22(9-7-20)28-19(2)33)25-16-24(21-14-23(34)15-21)29-26(30-25)27(3,4)5/h16,18,20-23,34H,6-15,17H2,1-5H3,(H,28,33). The second-order valence-corrected chi connectivity index (χ2v) is 12.1. The molecule has 4 rings (SSSR count). The van der Waals surface area contributed by atoms with Crippen molar-refractivity contribution in [3.8, 4) is 0 Å². The summed E-state index contributed by atoms with van der Waals surface area (Å²) in [5.74, 6) is 3.21. The molecule has 0 radical (unpaired) electrons. The summed E-state index contributed by atoms with van der Waals surface area (Å²) in [6, 6.07) is 3.06. The van der Waals surface area contributed by atoms with Crippen LogP contribution in [0.5, 0.6) is 0 Å². The van der Waals surface area contributed by atoms with Gasteiger partial charge in [0, 0.05) is 61.7 Å². The van der Waals surface area contributed by atoms with E-state index >= 15 is 0 Å². The summed E-state index contributed by atoms with van der Waals surface area (Å²) in [5, 5.41) is 12.9. The maximum absolute atomic E-state index is 11.3. The Balaban J connectivity index is 1.32. The van der Waals surface area contributed by atoms with Gasteiger partial charge in [0.1, 0.15) is 11.6 Å². The molecular weight excluding hydrogens is 426 g/mol. The first-order valence-electron chi connectivity index (χ1n) is 13.4. The number of carbonyl (C=O) groups excluding carboxylic acids is 1. The fourth-order valence-electron chi connectivity index (χ4n) is 5.76. The molecule has 3 fully saturated rings. The van der Waals surface area contributed by atoms with Crippen molar-refractivity contribution in [2.45, 2.75) is 109 Å². The lowest BCUT2D eigenvalue weighted by Crippen LogP contribution is -2.52. The molecule has 0 aromatic carbocycles. The van der Waals surface area contributed by atoms with E-state index in [1.54, 1.807) is 6.92 Å². The zero-order valence-corrected chi connectivity index (χ0v) is 21.9. The van der Waals surface area contributed by atoms with Crippen LogP contribution in [-0.4, -0.2) is 70.2 Å². The van der Waals surface area contributed by atoms with Crippen molar-refractivity contribution in [1.29, 1.82) is 0 Å². The number of hydrogen-bond donors (Lipinski definition) is 2. The quantitative estimate of drug-likeness (QED) is 0.660. The number of aliphatic hydroxyl groups excluding tert-OH is 1. The molecule has 0 bridgehead atoms. The number of amides is 1. The summed E-state index contributed by atoms with van der Waals surface area (Å²) >= 11 is 0. The van der Waals surface area contributed by atoms with Gasteiger partial charge in [-0.15, -0.1) is 0 Å². The number of rotatable bonds is 6. The number of carbonyl (C=O) groups is 1. The second kappa shape index (κ2) is 10.5. The lowest BCUT2D eigenvalue weighted by molar-refractivity contribution is -0.119. The molecule has 2 N–H and O–H groups in total. The lowest BCUT2D eigenvalue weighted by Gasteiger charge is -2.42.